The van der Waals surface area contributed by atoms with Gasteiger partial charge in [-0.25, -0.2) is 4.79 Å². The molecule has 6 nitrogen and oxygen atoms in total. The molecule has 0 unspecified atom stereocenters. The van der Waals surface area contributed by atoms with Crippen LogP contribution in [0.1, 0.15) is 39.1 Å². The van der Waals surface area contributed by atoms with E-state index in [2.05, 4.69) is 15.5 Å². The summed E-state index contributed by atoms with van der Waals surface area (Å²) in [5, 5.41) is 10.5. The van der Waals surface area contributed by atoms with E-state index < -0.39 is 17.7 Å². The topological polar surface area (TPSA) is 81.2 Å². The number of carbonyl (C=O) groups excluding carboxylic acids is 2. The molecule has 0 aliphatic heterocycles. The van der Waals surface area contributed by atoms with Gasteiger partial charge in [-0.2, -0.15) is 10.2 Å². The lowest BCUT2D eigenvalue weighted by molar-refractivity contribution is -0.119. The zero-order valence-electron chi connectivity index (χ0n) is 12.6. The van der Waals surface area contributed by atoms with Crippen molar-refractivity contribution in [2.24, 2.45) is 0 Å². The summed E-state index contributed by atoms with van der Waals surface area (Å²) in [6.45, 7) is 8.55. The van der Waals surface area contributed by atoms with Gasteiger partial charge in [-0.3, -0.25) is 4.79 Å². The maximum Gasteiger partial charge on any atom is 0.408 e. The van der Waals surface area contributed by atoms with E-state index >= 15 is 0 Å². The van der Waals surface area contributed by atoms with E-state index in [1.807, 2.05) is 13.0 Å². The number of nitrogens with one attached hydrogen (secondary N) is 1. The molecule has 0 bridgehead atoms. The van der Waals surface area contributed by atoms with Crippen LogP contribution in [0.25, 0.3) is 0 Å². The second-order valence-corrected chi connectivity index (χ2v) is 5.68. The highest BCUT2D eigenvalue weighted by Crippen LogP contribution is 2.08. The van der Waals surface area contributed by atoms with Gasteiger partial charge in [0, 0.05) is 6.42 Å². The Morgan fingerprint density at radius 1 is 1.30 bits per heavy atom. The van der Waals surface area contributed by atoms with Gasteiger partial charge in [0.1, 0.15) is 5.60 Å². The first-order valence-corrected chi connectivity index (χ1v) is 6.46. The summed E-state index contributed by atoms with van der Waals surface area (Å²) in [5.74, 6) is -0.154. The Morgan fingerprint density at radius 2 is 1.95 bits per heavy atom. The smallest absolute Gasteiger partial charge is 0.408 e. The van der Waals surface area contributed by atoms with E-state index in [1.165, 1.54) is 6.92 Å². The Kier molecular flexibility index (Phi) is 5.19. The summed E-state index contributed by atoms with van der Waals surface area (Å²) in [4.78, 5) is 23.3. The summed E-state index contributed by atoms with van der Waals surface area (Å²) in [7, 11) is 0. The molecule has 0 aliphatic rings. The van der Waals surface area contributed by atoms with Crippen LogP contribution in [0.3, 0.4) is 0 Å². The monoisotopic (exact) mass is 279 g/mol. The van der Waals surface area contributed by atoms with Crippen molar-refractivity contribution in [1.29, 1.82) is 0 Å². The Morgan fingerprint density at radius 3 is 2.40 bits per heavy atom. The molecule has 1 atom stereocenters. The van der Waals surface area contributed by atoms with E-state index in [4.69, 9.17) is 4.74 Å². The number of aryl methyl sites for hydroxylation is 1. The Labute approximate surface area is 118 Å². The number of ether oxygens (including phenoxy) is 1. The van der Waals surface area contributed by atoms with Gasteiger partial charge >= 0.3 is 6.09 Å². The molecule has 0 fully saturated rings. The Balaban J connectivity index is 2.68. The minimum atomic E-state index is -0.665. The fraction of sp³-hybridized carbons (Fsp3) is 0.571. The van der Waals surface area contributed by atoms with Gasteiger partial charge in [0.15, 0.2) is 5.78 Å². The molecule has 0 aliphatic carbocycles. The van der Waals surface area contributed by atoms with Crippen LogP contribution in [0.5, 0.6) is 0 Å². The average molecular weight is 279 g/mol. The molecular formula is C14H21N3O3. The number of hydrogen-bond donors (Lipinski definition) is 1. The number of rotatable bonds is 4. The van der Waals surface area contributed by atoms with Crippen LogP contribution in [0.15, 0.2) is 12.1 Å². The highest BCUT2D eigenvalue weighted by atomic mass is 16.6. The molecule has 1 N–H and O–H groups in total. The third-order valence-electron chi connectivity index (χ3n) is 2.45. The molecule has 1 amide bonds. The number of carbonyl (C=O) groups is 2. The van der Waals surface area contributed by atoms with Gasteiger partial charge in [-0.15, -0.1) is 0 Å². The zero-order valence-corrected chi connectivity index (χ0v) is 12.6. The van der Waals surface area contributed by atoms with Gasteiger partial charge in [-0.1, -0.05) is 0 Å². The van der Waals surface area contributed by atoms with Crippen LogP contribution in [-0.2, 0) is 16.0 Å². The molecule has 1 aromatic rings. The van der Waals surface area contributed by atoms with Crippen molar-refractivity contribution in [2.45, 2.75) is 52.7 Å². The molecule has 20 heavy (non-hydrogen) atoms. The van der Waals surface area contributed by atoms with E-state index in [9.17, 15) is 9.59 Å². The van der Waals surface area contributed by atoms with Gasteiger partial charge in [0.05, 0.1) is 17.4 Å². The predicted octanol–water partition coefficient (Wildman–Crippen LogP) is 1.81. The Bertz CT molecular complexity index is 477. The molecule has 110 valence electrons. The standard InChI is InChI=1S/C14H21N3O3/c1-9-6-7-11(17-16-9)8-12(10(2)18)15-13(19)20-14(3,4)5/h6-7,12H,8H2,1-5H3,(H,15,19)/t12-/m0/s1. The van der Waals surface area contributed by atoms with Crippen molar-refractivity contribution < 1.29 is 14.3 Å². The molecule has 1 heterocycles. The normalized spacial score (nSPS) is 12.7. The lowest BCUT2D eigenvalue weighted by Gasteiger charge is -2.22. The summed E-state index contributed by atoms with van der Waals surface area (Å²) >= 11 is 0. The highest BCUT2D eigenvalue weighted by Gasteiger charge is 2.22. The van der Waals surface area contributed by atoms with E-state index in [-0.39, 0.29) is 5.78 Å². The number of nitrogens with zero attached hydrogens (tertiary/aromatic N) is 2. The summed E-state index contributed by atoms with van der Waals surface area (Å²) in [6, 6.07) is 2.93. The van der Waals surface area contributed by atoms with Crippen LogP contribution >= 0.6 is 0 Å². The molecule has 1 rings (SSSR count). The average Bonchev–Trinajstić information content (AvgIpc) is 2.28. The largest absolute Gasteiger partial charge is 0.444 e. The van der Waals surface area contributed by atoms with Gasteiger partial charge in [0.25, 0.3) is 0 Å². The zero-order chi connectivity index (χ0) is 15.3. The summed E-state index contributed by atoms with van der Waals surface area (Å²) < 4.78 is 5.14. The maximum atomic E-state index is 11.7. The first-order valence-electron chi connectivity index (χ1n) is 6.46. The molecule has 0 spiro atoms. The highest BCUT2D eigenvalue weighted by molar-refractivity contribution is 5.85. The lowest BCUT2D eigenvalue weighted by atomic mass is 10.1. The van der Waals surface area contributed by atoms with Crippen molar-refractivity contribution in [2.75, 3.05) is 0 Å². The maximum absolute atomic E-state index is 11.7. The number of hydrogen-bond acceptors (Lipinski definition) is 5. The minimum Gasteiger partial charge on any atom is -0.444 e. The summed E-state index contributed by atoms with van der Waals surface area (Å²) in [5.41, 5.74) is 0.842. The molecule has 0 radical (unpaired) electrons. The van der Waals surface area contributed by atoms with Crippen LogP contribution in [-0.4, -0.2) is 33.7 Å². The first-order chi connectivity index (χ1) is 9.17. The van der Waals surface area contributed by atoms with Crippen molar-refractivity contribution in [3.8, 4) is 0 Å². The second kappa shape index (κ2) is 6.45. The molecule has 6 heteroatoms. The van der Waals surface area contributed by atoms with Crippen molar-refractivity contribution in [3.63, 3.8) is 0 Å². The fourth-order valence-electron chi connectivity index (χ4n) is 1.49. The molecule has 0 saturated carbocycles. The predicted molar refractivity (Wildman–Crippen MR) is 74.3 cm³/mol. The first kappa shape index (κ1) is 16.1. The Hall–Kier alpha value is -1.98. The number of Topliss-reactive ketones (excluding diaryl/α,β-unsaturated/α-hetero) is 1. The van der Waals surface area contributed by atoms with Crippen molar-refractivity contribution in [1.82, 2.24) is 15.5 Å². The van der Waals surface area contributed by atoms with Crippen LogP contribution in [0, 0.1) is 6.92 Å². The van der Waals surface area contributed by atoms with E-state index in [0.29, 0.717) is 12.1 Å². The van der Waals surface area contributed by atoms with Gasteiger partial charge < -0.3 is 10.1 Å². The SMILES string of the molecule is CC(=O)[C@H](Cc1ccc(C)nn1)NC(=O)OC(C)(C)C. The third-order valence-corrected chi connectivity index (χ3v) is 2.45. The number of amides is 1. The van der Waals surface area contributed by atoms with Crippen molar-refractivity contribution >= 4 is 11.9 Å². The van der Waals surface area contributed by atoms with Crippen LogP contribution in [0.2, 0.25) is 0 Å². The van der Waals surface area contributed by atoms with E-state index in [0.717, 1.165) is 5.69 Å². The second-order valence-electron chi connectivity index (χ2n) is 5.68. The fourth-order valence-corrected chi connectivity index (χ4v) is 1.49. The molecular weight excluding hydrogens is 258 g/mol. The number of aromatic nitrogens is 2. The molecule has 0 saturated heterocycles. The van der Waals surface area contributed by atoms with Gasteiger partial charge in [-0.05, 0) is 46.8 Å². The number of alkyl carbamates (subject to hydrolysis) is 1. The molecule has 0 aromatic carbocycles. The minimum absolute atomic E-state index is 0.154. The van der Waals surface area contributed by atoms with Crippen LogP contribution < -0.4 is 5.32 Å². The van der Waals surface area contributed by atoms with Gasteiger partial charge in [0.2, 0.25) is 0 Å². The van der Waals surface area contributed by atoms with E-state index in [1.54, 1.807) is 26.8 Å². The quantitative estimate of drug-likeness (QED) is 0.909. The number of ketones is 1. The van der Waals surface area contributed by atoms with Crippen molar-refractivity contribution in [3.05, 3.63) is 23.5 Å². The summed E-state index contributed by atoms with van der Waals surface area (Å²) in [6.07, 6.45) is -0.320. The third kappa shape index (κ3) is 5.77. The van der Waals surface area contributed by atoms with Crippen LogP contribution in [0.4, 0.5) is 4.79 Å². The lowest BCUT2D eigenvalue weighted by Crippen LogP contribution is -2.44. The molecule has 1 aromatic heterocycles.